The number of hydrogen-bond acceptors (Lipinski definition) is 3. The molecule has 70 valence electrons. The van der Waals surface area contributed by atoms with Crippen LogP contribution in [0, 0.1) is 5.92 Å². The monoisotopic (exact) mass is 169 g/mol. The van der Waals surface area contributed by atoms with Crippen LogP contribution in [-0.4, -0.2) is 26.4 Å². The molecule has 0 rings (SSSR count). The van der Waals surface area contributed by atoms with Crippen molar-refractivity contribution in [2.45, 2.75) is 13.8 Å². The van der Waals surface area contributed by atoms with Crippen LogP contribution in [0.4, 0.5) is 0 Å². The average Bonchev–Trinajstić information content (AvgIpc) is 2.02. The van der Waals surface area contributed by atoms with Crippen LogP contribution in [0.25, 0.3) is 0 Å². The summed E-state index contributed by atoms with van der Waals surface area (Å²) in [6.07, 6.45) is 3.35. The fourth-order valence-corrected chi connectivity index (χ4v) is 0.819. The zero-order valence-corrected chi connectivity index (χ0v) is 8.17. The first kappa shape index (κ1) is 11.2. The first-order valence-electron chi connectivity index (χ1n) is 4.24. The predicted molar refractivity (Wildman–Crippen MR) is 54.4 cm³/mol. The van der Waals surface area contributed by atoms with Crippen molar-refractivity contribution in [3.63, 3.8) is 0 Å². The lowest BCUT2D eigenvalue weighted by Crippen LogP contribution is -2.22. The molecule has 0 heterocycles. The highest BCUT2D eigenvalue weighted by Crippen LogP contribution is 1.89. The lowest BCUT2D eigenvalue weighted by atomic mass is 10.2. The molecule has 0 aromatic carbocycles. The molecule has 0 saturated heterocycles. The molecule has 0 unspecified atom stereocenters. The van der Waals surface area contributed by atoms with Crippen molar-refractivity contribution in [3.05, 3.63) is 11.8 Å². The SMILES string of the molecule is CN=C/C(=C\N)CNCC(C)C. The van der Waals surface area contributed by atoms with Crippen molar-refractivity contribution in [1.29, 1.82) is 0 Å². The molecule has 3 heteroatoms. The Hall–Kier alpha value is -0.830. The Labute approximate surface area is 74.8 Å². The molecule has 3 nitrogen and oxygen atoms in total. The number of hydrogen-bond donors (Lipinski definition) is 2. The van der Waals surface area contributed by atoms with E-state index in [9.17, 15) is 0 Å². The minimum absolute atomic E-state index is 0.669. The van der Waals surface area contributed by atoms with Crippen LogP contribution < -0.4 is 11.1 Å². The lowest BCUT2D eigenvalue weighted by molar-refractivity contribution is 0.574. The van der Waals surface area contributed by atoms with Gasteiger partial charge in [-0.3, -0.25) is 4.99 Å². The van der Waals surface area contributed by atoms with Gasteiger partial charge in [0, 0.05) is 19.8 Å². The molecular weight excluding hydrogens is 150 g/mol. The first-order valence-corrected chi connectivity index (χ1v) is 4.24. The Kier molecular flexibility index (Phi) is 6.38. The van der Waals surface area contributed by atoms with Gasteiger partial charge in [-0.05, 0) is 24.2 Å². The van der Waals surface area contributed by atoms with Gasteiger partial charge in [-0.1, -0.05) is 13.8 Å². The van der Waals surface area contributed by atoms with Crippen LogP contribution in [0.2, 0.25) is 0 Å². The summed E-state index contributed by atoms with van der Waals surface area (Å²) in [5.74, 6) is 0.669. The van der Waals surface area contributed by atoms with Crippen LogP contribution in [0.5, 0.6) is 0 Å². The van der Waals surface area contributed by atoms with E-state index in [2.05, 4.69) is 24.2 Å². The highest BCUT2D eigenvalue weighted by atomic mass is 14.9. The lowest BCUT2D eigenvalue weighted by Gasteiger charge is -2.06. The summed E-state index contributed by atoms with van der Waals surface area (Å²) in [5, 5.41) is 3.28. The quantitative estimate of drug-likeness (QED) is 0.597. The van der Waals surface area contributed by atoms with Gasteiger partial charge >= 0.3 is 0 Å². The second kappa shape index (κ2) is 6.85. The minimum Gasteiger partial charge on any atom is -0.404 e. The molecule has 0 aliphatic carbocycles. The summed E-state index contributed by atoms with van der Waals surface area (Å²) in [6.45, 7) is 6.15. The van der Waals surface area contributed by atoms with Crippen molar-refractivity contribution in [3.8, 4) is 0 Å². The van der Waals surface area contributed by atoms with E-state index >= 15 is 0 Å². The Balaban J connectivity index is 3.60. The molecule has 0 radical (unpaired) electrons. The van der Waals surface area contributed by atoms with Gasteiger partial charge in [0.2, 0.25) is 0 Å². The van der Waals surface area contributed by atoms with Crippen LogP contribution >= 0.6 is 0 Å². The number of nitrogens with zero attached hydrogens (tertiary/aromatic N) is 1. The van der Waals surface area contributed by atoms with E-state index in [0.717, 1.165) is 18.7 Å². The number of nitrogens with two attached hydrogens (primary N) is 1. The van der Waals surface area contributed by atoms with Crippen LogP contribution in [0.1, 0.15) is 13.8 Å². The van der Waals surface area contributed by atoms with Crippen molar-refractivity contribution in [2.75, 3.05) is 20.1 Å². The Morgan fingerprint density at radius 2 is 2.25 bits per heavy atom. The fraction of sp³-hybridized carbons (Fsp3) is 0.667. The van der Waals surface area contributed by atoms with Crippen molar-refractivity contribution >= 4 is 6.21 Å². The van der Waals surface area contributed by atoms with Crippen LogP contribution in [0.3, 0.4) is 0 Å². The Morgan fingerprint density at radius 1 is 1.58 bits per heavy atom. The van der Waals surface area contributed by atoms with E-state index in [4.69, 9.17) is 5.73 Å². The molecule has 0 fully saturated rings. The molecule has 0 aromatic heterocycles. The number of rotatable bonds is 5. The Morgan fingerprint density at radius 3 is 2.67 bits per heavy atom. The van der Waals surface area contributed by atoms with Gasteiger partial charge < -0.3 is 11.1 Å². The maximum atomic E-state index is 5.38. The second-order valence-corrected chi connectivity index (χ2v) is 3.15. The summed E-state index contributed by atoms with van der Waals surface area (Å²) < 4.78 is 0. The topological polar surface area (TPSA) is 50.4 Å². The van der Waals surface area contributed by atoms with Gasteiger partial charge in [-0.25, -0.2) is 0 Å². The van der Waals surface area contributed by atoms with Gasteiger partial charge in [0.1, 0.15) is 0 Å². The molecule has 0 spiro atoms. The summed E-state index contributed by atoms with van der Waals surface area (Å²) in [7, 11) is 1.74. The molecule has 0 saturated carbocycles. The van der Waals surface area contributed by atoms with Gasteiger partial charge in [0.25, 0.3) is 0 Å². The highest BCUT2D eigenvalue weighted by molar-refractivity contribution is 5.78. The summed E-state index contributed by atoms with van der Waals surface area (Å²) in [6, 6.07) is 0. The van der Waals surface area contributed by atoms with E-state index in [1.165, 1.54) is 0 Å². The van der Waals surface area contributed by atoms with Gasteiger partial charge in [-0.2, -0.15) is 0 Å². The summed E-state index contributed by atoms with van der Waals surface area (Å²) in [4.78, 5) is 3.89. The summed E-state index contributed by atoms with van der Waals surface area (Å²) >= 11 is 0. The minimum atomic E-state index is 0.669. The van der Waals surface area contributed by atoms with E-state index in [1.54, 1.807) is 19.5 Å². The van der Waals surface area contributed by atoms with Gasteiger partial charge in [0.05, 0.1) is 0 Å². The molecule has 0 aliphatic rings. The van der Waals surface area contributed by atoms with Crippen molar-refractivity contribution < 1.29 is 0 Å². The normalized spacial score (nSPS) is 13.2. The van der Waals surface area contributed by atoms with Crippen LogP contribution in [0.15, 0.2) is 16.8 Å². The fourth-order valence-electron chi connectivity index (χ4n) is 0.819. The maximum absolute atomic E-state index is 5.38. The second-order valence-electron chi connectivity index (χ2n) is 3.15. The molecule has 0 aliphatic heterocycles. The number of nitrogens with one attached hydrogen (secondary N) is 1. The first-order chi connectivity index (χ1) is 5.70. The number of aliphatic imine (C=N–C) groups is 1. The molecule has 0 amide bonds. The molecule has 0 atom stereocenters. The molecule has 12 heavy (non-hydrogen) atoms. The summed E-state index contributed by atoms with van der Waals surface area (Å²) in [5.41, 5.74) is 6.41. The van der Waals surface area contributed by atoms with E-state index in [-0.39, 0.29) is 0 Å². The van der Waals surface area contributed by atoms with Gasteiger partial charge in [0.15, 0.2) is 0 Å². The van der Waals surface area contributed by atoms with Crippen molar-refractivity contribution in [1.82, 2.24) is 5.32 Å². The van der Waals surface area contributed by atoms with E-state index in [0.29, 0.717) is 5.92 Å². The third-order valence-corrected chi connectivity index (χ3v) is 1.39. The zero-order chi connectivity index (χ0) is 9.40. The van der Waals surface area contributed by atoms with E-state index < -0.39 is 0 Å². The largest absolute Gasteiger partial charge is 0.404 e. The standard InChI is InChI=1S/C9H19N3/c1-8(2)5-12-7-9(4-10)6-11-3/h4,6,8,12H,5,7,10H2,1-3H3/b9-4+,11-6?. The third-order valence-electron chi connectivity index (χ3n) is 1.39. The predicted octanol–water partition coefficient (Wildman–Crippen LogP) is 0.775. The maximum Gasteiger partial charge on any atom is 0.0277 e. The highest BCUT2D eigenvalue weighted by Gasteiger charge is 1.94. The zero-order valence-electron chi connectivity index (χ0n) is 8.17. The van der Waals surface area contributed by atoms with Gasteiger partial charge in [-0.15, -0.1) is 0 Å². The van der Waals surface area contributed by atoms with E-state index in [1.807, 2.05) is 0 Å². The smallest absolute Gasteiger partial charge is 0.0277 e. The Bertz CT molecular complexity index is 159. The third kappa shape index (κ3) is 5.92. The molecule has 0 aromatic rings. The average molecular weight is 169 g/mol. The molecular formula is C9H19N3. The molecule has 0 bridgehead atoms. The van der Waals surface area contributed by atoms with Crippen LogP contribution in [-0.2, 0) is 0 Å². The molecule has 3 N–H and O–H groups in total. The van der Waals surface area contributed by atoms with Crippen molar-refractivity contribution in [2.24, 2.45) is 16.6 Å².